The molecule has 0 amide bonds. The van der Waals surface area contributed by atoms with Crippen LogP contribution in [-0.4, -0.2) is 38.2 Å². The molecule has 106 valence electrons. The quantitative estimate of drug-likeness (QED) is 0.860. The molecular weight excluding hydrogens is 267 g/mol. The van der Waals surface area contributed by atoms with Crippen LogP contribution >= 0.6 is 12.4 Å². The molecule has 1 aliphatic rings. The van der Waals surface area contributed by atoms with Crippen molar-refractivity contribution in [2.45, 2.75) is 6.04 Å². The highest BCUT2D eigenvalue weighted by molar-refractivity contribution is 5.85. The number of halogens is 2. The molecule has 1 aromatic carbocycles. The molecule has 2 rings (SSSR count). The van der Waals surface area contributed by atoms with Crippen molar-refractivity contribution in [1.82, 2.24) is 10.2 Å². The molecule has 19 heavy (non-hydrogen) atoms. The van der Waals surface area contributed by atoms with E-state index in [0.717, 1.165) is 31.7 Å². The van der Waals surface area contributed by atoms with Crippen molar-refractivity contribution in [3.8, 4) is 5.75 Å². The number of benzene rings is 1. The Morgan fingerprint density at radius 3 is 2.63 bits per heavy atom. The van der Waals surface area contributed by atoms with E-state index in [1.54, 1.807) is 6.07 Å². The molecule has 0 bridgehead atoms. The summed E-state index contributed by atoms with van der Waals surface area (Å²) >= 11 is 0. The molecule has 1 aromatic rings. The summed E-state index contributed by atoms with van der Waals surface area (Å²) < 4.78 is 18.7. The van der Waals surface area contributed by atoms with E-state index >= 15 is 0 Å². The van der Waals surface area contributed by atoms with Crippen molar-refractivity contribution in [3.05, 3.63) is 42.2 Å². The summed E-state index contributed by atoms with van der Waals surface area (Å²) in [6.07, 6.45) is 1.87. The van der Waals surface area contributed by atoms with E-state index in [2.05, 4.69) is 16.8 Å². The van der Waals surface area contributed by atoms with E-state index in [1.807, 2.05) is 12.1 Å². The second kappa shape index (κ2) is 7.48. The Morgan fingerprint density at radius 2 is 2.11 bits per heavy atom. The number of ether oxygens (including phenoxy) is 1. The SMILES string of the molecule is C=C[C@H](c1ccc(OC)c(F)c1)N1CCNCC1.Cl. The molecule has 5 heteroatoms. The van der Waals surface area contributed by atoms with E-state index in [1.165, 1.54) is 13.2 Å². The molecule has 0 radical (unpaired) electrons. The maximum atomic E-state index is 13.7. The third kappa shape index (κ3) is 3.69. The summed E-state index contributed by atoms with van der Waals surface area (Å²) in [5.41, 5.74) is 0.921. The largest absolute Gasteiger partial charge is 0.494 e. The van der Waals surface area contributed by atoms with Crippen LogP contribution in [0.25, 0.3) is 0 Å². The van der Waals surface area contributed by atoms with Crippen molar-refractivity contribution in [2.24, 2.45) is 0 Å². The smallest absolute Gasteiger partial charge is 0.165 e. The lowest BCUT2D eigenvalue weighted by atomic mass is 10.0. The first-order valence-corrected chi connectivity index (χ1v) is 6.17. The van der Waals surface area contributed by atoms with Gasteiger partial charge < -0.3 is 10.1 Å². The predicted octanol–water partition coefficient (Wildman–Crippen LogP) is 2.39. The van der Waals surface area contributed by atoms with Gasteiger partial charge in [-0.05, 0) is 17.7 Å². The van der Waals surface area contributed by atoms with Crippen LogP contribution in [0.1, 0.15) is 11.6 Å². The molecule has 1 saturated heterocycles. The first-order valence-electron chi connectivity index (χ1n) is 6.17. The van der Waals surface area contributed by atoms with Gasteiger partial charge in [-0.1, -0.05) is 12.1 Å². The van der Waals surface area contributed by atoms with Crippen LogP contribution < -0.4 is 10.1 Å². The Bertz CT molecular complexity index is 422. The van der Waals surface area contributed by atoms with Gasteiger partial charge in [0.05, 0.1) is 13.2 Å². The highest BCUT2D eigenvalue weighted by atomic mass is 35.5. The third-order valence-corrected chi connectivity index (χ3v) is 3.29. The zero-order valence-electron chi connectivity index (χ0n) is 11.1. The van der Waals surface area contributed by atoms with Gasteiger partial charge in [0, 0.05) is 26.2 Å². The van der Waals surface area contributed by atoms with Gasteiger partial charge in [0.2, 0.25) is 0 Å². The third-order valence-electron chi connectivity index (χ3n) is 3.29. The summed E-state index contributed by atoms with van der Waals surface area (Å²) in [5.74, 6) is -0.0427. The Kier molecular flexibility index (Phi) is 6.28. The maximum absolute atomic E-state index is 13.7. The normalized spacial score (nSPS) is 17.4. The fraction of sp³-hybridized carbons (Fsp3) is 0.429. The van der Waals surface area contributed by atoms with E-state index in [0.29, 0.717) is 0 Å². The molecule has 1 N–H and O–H groups in total. The van der Waals surface area contributed by atoms with Crippen molar-refractivity contribution >= 4 is 12.4 Å². The van der Waals surface area contributed by atoms with Gasteiger partial charge in [-0.3, -0.25) is 4.90 Å². The van der Waals surface area contributed by atoms with Crippen molar-refractivity contribution in [1.29, 1.82) is 0 Å². The molecule has 3 nitrogen and oxygen atoms in total. The molecule has 1 atom stereocenters. The summed E-state index contributed by atoms with van der Waals surface area (Å²) in [4.78, 5) is 2.30. The lowest BCUT2D eigenvalue weighted by Crippen LogP contribution is -2.44. The number of nitrogens with one attached hydrogen (secondary N) is 1. The van der Waals surface area contributed by atoms with Gasteiger partial charge in [0.1, 0.15) is 0 Å². The number of methoxy groups -OCH3 is 1. The number of hydrogen-bond donors (Lipinski definition) is 1. The van der Waals surface area contributed by atoms with Crippen LogP contribution in [0.4, 0.5) is 4.39 Å². The molecule has 1 aliphatic heterocycles. The second-order valence-electron chi connectivity index (χ2n) is 4.36. The van der Waals surface area contributed by atoms with Gasteiger partial charge >= 0.3 is 0 Å². The minimum absolute atomic E-state index is 0. The minimum Gasteiger partial charge on any atom is -0.494 e. The lowest BCUT2D eigenvalue weighted by Gasteiger charge is -2.33. The number of rotatable bonds is 4. The maximum Gasteiger partial charge on any atom is 0.165 e. The topological polar surface area (TPSA) is 24.5 Å². The predicted molar refractivity (Wildman–Crippen MR) is 77.6 cm³/mol. The Morgan fingerprint density at radius 1 is 1.42 bits per heavy atom. The van der Waals surface area contributed by atoms with Crippen molar-refractivity contribution < 1.29 is 9.13 Å². The molecule has 1 heterocycles. The standard InChI is InChI=1S/C14H19FN2O.ClH/c1-3-13(17-8-6-16-7-9-17)11-4-5-14(18-2)12(15)10-11;/h3-5,10,13,16H,1,6-9H2,2H3;1H/t13-;/m1./s1. The summed E-state index contributed by atoms with van der Waals surface area (Å²) in [6, 6.07) is 5.17. The van der Waals surface area contributed by atoms with Gasteiger partial charge in [0.15, 0.2) is 11.6 Å². The van der Waals surface area contributed by atoms with Crippen LogP contribution in [0.5, 0.6) is 5.75 Å². The average molecular weight is 287 g/mol. The first-order chi connectivity index (χ1) is 8.76. The summed E-state index contributed by atoms with van der Waals surface area (Å²) in [5, 5.41) is 3.30. The zero-order chi connectivity index (χ0) is 13.0. The summed E-state index contributed by atoms with van der Waals surface area (Å²) in [6.45, 7) is 7.69. The van der Waals surface area contributed by atoms with Crippen molar-refractivity contribution in [3.63, 3.8) is 0 Å². The summed E-state index contributed by atoms with van der Waals surface area (Å²) in [7, 11) is 1.47. The molecule has 0 saturated carbocycles. The first kappa shape index (κ1) is 16.0. The lowest BCUT2D eigenvalue weighted by molar-refractivity contribution is 0.203. The fourth-order valence-corrected chi connectivity index (χ4v) is 2.32. The van der Waals surface area contributed by atoms with E-state index in [4.69, 9.17) is 4.74 Å². The van der Waals surface area contributed by atoms with Crippen LogP contribution in [0.3, 0.4) is 0 Å². The van der Waals surface area contributed by atoms with E-state index < -0.39 is 0 Å². The molecule has 0 spiro atoms. The number of nitrogens with zero attached hydrogens (tertiary/aromatic N) is 1. The Balaban J connectivity index is 0.00000180. The molecule has 1 fully saturated rings. The molecule has 0 aliphatic carbocycles. The van der Waals surface area contributed by atoms with Crippen LogP contribution in [0, 0.1) is 5.82 Å². The monoisotopic (exact) mass is 286 g/mol. The molecule has 0 aromatic heterocycles. The zero-order valence-corrected chi connectivity index (χ0v) is 11.9. The number of piperazine rings is 1. The fourth-order valence-electron chi connectivity index (χ4n) is 2.32. The molecule has 0 unspecified atom stereocenters. The molecular formula is C14H20ClFN2O. The Hall–Kier alpha value is -1.10. The van der Waals surface area contributed by atoms with Gasteiger partial charge in [-0.15, -0.1) is 19.0 Å². The minimum atomic E-state index is -0.322. The highest BCUT2D eigenvalue weighted by Gasteiger charge is 2.20. The van der Waals surface area contributed by atoms with E-state index in [9.17, 15) is 4.39 Å². The van der Waals surface area contributed by atoms with Crippen molar-refractivity contribution in [2.75, 3.05) is 33.3 Å². The van der Waals surface area contributed by atoms with E-state index in [-0.39, 0.29) is 30.0 Å². The average Bonchev–Trinajstić information content (AvgIpc) is 2.41. The van der Waals surface area contributed by atoms with Gasteiger partial charge in [-0.2, -0.15) is 0 Å². The van der Waals surface area contributed by atoms with Crippen LogP contribution in [0.2, 0.25) is 0 Å². The van der Waals surface area contributed by atoms with Gasteiger partial charge in [0.25, 0.3) is 0 Å². The Labute approximate surface area is 119 Å². The number of hydrogen-bond acceptors (Lipinski definition) is 3. The highest BCUT2D eigenvalue weighted by Crippen LogP contribution is 2.26. The van der Waals surface area contributed by atoms with Gasteiger partial charge in [-0.25, -0.2) is 4.39 Å². The second-order valence-corrected chi connectivity index (χ2v) is 4.36. The van der Waals surface area contributed by atoms with Crippen LogP contribution in [-0.2, 0) is 0 Å². The van der Waals surface area contributed by atoms with Crippen LogP contribution in [0.15, 0.2) is 30.9 Å².